The van der Waals surface area contributed by atoms with Gasteiger partial charge in [0.15, 0.2) is 0 Å². The monoisotopic (exact) mass is 281 g/mol. The minimum Gasteiger partial charge on any atom is -0.481 e. The Hall–Kier alpha value is -2.41. The zero-order valence-corrected chi connectivity index (χ0v) is 10.6. The summed E-state index contributed by atoms with van der Waals surface area (Å²) < 4.78 is 5.11. The fourth-order valence-corrected chi connectivity index (χ4v) is 1.45. The standard InChI is InChI=1S/C13H15NO6/c15-11(14-10(13(18)19)6-12(16)17)8-20-7-9-4-2-1-3-5-9/h1-5,10H,6-8H2,(H,14,15)(H,16,17)(H,18,19)/t10-/m1/s1. The van der Waals surface area contributed by atoms with E-state index in [0.29, 0.717) is 0 Å². The highest BCUT2D eigenvalue weighted by Gasteiger charge is 2.22. The number of aliphatic carboxylic acids is 2. The van der Waals surface area contributed by atoms with Crippen LogP contribution >= 0.6 is 0 Å². The molecule has 0 spiro atoms. The Kier molecular flexibility index (Phi) is 6.18. The van der Waals surface area contributed by atoms with Gasteiger partial charge >= 0.3 is 11.9 Å². The van der Waals surface area contributed by atoms with E-state index >= 15 is 0 Å². The van der Waals surface area contributed by atoms with Gasteiger partial charge in [0.25, 0.3) is 0 Å². The highest BCUT2D eigenvalue weighted by molar-refractivity contribution is 5.87. The maximum Gasteiger partial charge on any atom is 0.326 e. The van der Waals surface area contributed by atoms with Crippen LogP contribution in [0.2, 0.25) is 0 Å². The molecule has 1 aromatic rings. The molecule has 7 heteroatoms. The van der Waals surface area contributed by atoms with E-state index in [0.717, 1.165) is 5.56 Å². The molecule has 7 nitrogen and oxygen atoms in total. The average Bonchev–Trinajstić information content (AvgIpc) is 2.38. The molecule has 0 heterocycles. The third-order valence-electron chi connectivity index (χ3n) is 2.36. The van der Waals surface area contributed by atoms with Crippen LogP contribution < -0.4 is 5.32 Å². The number of ether oxygens (including phenoxy) is 1. The van der Waals surface area contributed by atoms with Gasteiger partial charge in [-0.15, -0.1) is 0 Å². The van der Waals surface area contributed by atoms with Crippen molar-refractivity contribution >= 4 is 17.8 Å². The van der Waals surface area contributed by atoms with Gasteiger partial charge in [-0.1, -0.05) is 30.3 Å². The maximum atomic E-state index is 11.4. The van der Waals surface area contributed by atoms with E-state index in [2.05, 4.69) is 5.32 Å². The summed E-state index contributed by atoms with van der Waals surface area (Å²) in [4.78, 5) is 32.6. The summed E-state index contributed by atoms with van der Waals surface area (Å²) in [7, 11) is 0. The third kappa shape index (κ3) is 5.96. The van der Waals surface area contributed by atoms with Gasteiger partial charge < -0.3 is 20.3 Å². The summed E-state index contributed by atoms with van der Waals surface area (Å²) in [5.41, 5.74) is 0.876. The van der Waals surface area contributed by atoms with Gasteiger partial charge in [0.1, 0.15) is 12.6 Å². The topological polar surface area (TPSA) is 113 Å². The molecule has 0 saturated heterocycles. The third-order valence-corrected chi connectivity index (χ3v) is 2.36. The number of rotatable bonds is 8. The van der Waals surface area contributed by atoms with Crippen LogP contribution in [0.5, 0.6) is 0 Å². The van der Waals surface area contributed by atoms with E-state index in [9.17, 15) is 14.4 Å². The lowest BCUT2D eigenvalue weighted by atomic mass is 10.2. The number of hydrogen-bond acceptors (Lipinski definition) is 4. The first-order chi connectivity index (χ1) is 9.49. The minimum absolute atomic E-state index is 0.213. The Morgan fingerprint density at radius 2 is 1.80 bits per heavy atom. The smallest absolute Gasteiger partial charge is 0.326 e. The van der Waals surface area contributed by atoms with Crippen LogP contribution in [0.3, 0.4) is 0 Å². The van der Waals surface area contributed by atoms with E-state index < -0.39 is 30.3 Å². The molecule has 20 heavy (non-hydrogen) atoms. The molecule has 0 fully saturated rings. The van der Waals surface area contributed by atoms with Crippen molar-refractivity contribution in [1.82, 2.24) is 5.32 Å². The molecule has 0 unspecified atom stereocenters. The van der Waals surface area contributed by atoms with Crippen molar-refractivity contribution in [1.29, 1.82) is 0 Å². The van der Waals surface area contributed by atoms with Crippen LogP contribution in [0, 0.1) is 0 Å². The van der Waals surface area contributed by atoms with Gasteiger partial charge in [0.05, 0.1) is 13.0 Å². The Morgan fingerprint density at radius 1 is 1.15 bits per heavy atom. The van der Waals surface area contributed by atoms with Crippen LogP contribution in [0.1, 0.15) is 12.0 Å². The molecule has 0 aliphatic carbocycles. The summed E-state index contributed by atoms with van der Waals surface area (Å²) in [6, 6.07) is 7.68. The summed E-state index contributed by atoms with van der Waals surface area (Å²) in [5, 5.41) is 19.4. The molecule has 0 radical (unpaired) electrons. The maximum absolute atomic E-state index is 11.4. The summed E-state index contributed by atoms with van der Waals surface area (Å²) in [6.45, 7) is -0.122. The van der Waals surface area contributed by atoms with Crippen LogP contribution in [-0.2, 0) is 25.7 Å². The van der Waals surface area contributed by atoms with Crippen LogP contribution in [0.25, 0.3) is 0 Å². The van der Waals surface area contributed by atoms with Crippen molar-refractivity contribution in [2.75, 3.05) is 6.61 Å². The van der Waals surface area contributed by atoms with Gasteiger partial charge in [-0.05, 0) is 5.56 Å². The highest BCUT2D eigenvalue weighted by atomic mass is 16.5. The molecule has 0 aliphatic heterocycles. The fourth-order valence-electron chi connectivity index (χ4n) is 1.45. The van der Waals surface area contributed by atoms with Crippen molar-refractivity contribution in [3.8, 4) is 0 Å². The second kappa shape index (κ2) is 7.90. The largest absolute Gasteiger partial charge is 0.481 e. The SMILES string of the molecule is O=C(O)C[C@@H](NC(=O)COCc1ccccc1)C(=O)O. The normalized spacial score (nSPS) is 11.6. The summed E-state index contributed by atoms with van der Waals surface area (Å²) in [6.07, 6.45) is -0.681. The van der Waals surface area contributed by atoms with Gasteiger partial charge in [-0.3, -0.25) is 9.59 Å². The van der Waals surface area contributed by atoms with E-state index in [1.807, 2.05) is 30.3 Å². The zero-order valence-electron chi connectivity index (χ0n) is 10.6. The molecular formula is C13H15NO6. The van der Waals surface area contributed by atoms with Crippen molar-refractivity contribution in [2.45, 2.75) is 19.1 Å². The van der Waals surface area contributed by atoms with Crippen LogP contribution in [0.15, 0.2) is 30.3 Å². The van der Waals surface area contributed by atoms with Crippen LogP contribution in [-0.4, -0.2) is 40.7 Å². The predicted octanol–water partition coefficient (Wildman–Crippen LogP) is 0.247. The first-order valence-electron chi connectivity index (χ1n) is 5.84. The first kappa shape index (κ1) is 15.6. The molecule has 0 bridgehead atoms. The number of amides is 1. The first-order valence-corrected chi connectivity index (χ1v) is 5.84. The van der Waals surface area contributed by atoms with E-state index in [4.69, 9.17) is 14.9 Å². The number of carboxylic acids is 2. The molecule has 0 saturated carbocycles. The number of carbonyl (C=O) groups is 3. The number of carbonyl (C=O) groups excluding carboxylic acids is 1. The average molecular weight is 281 g/mol. The second-order valence-corrected chi connectivity index (χ2v) is 4.03. The summed E-state index contributed by atoms with van der Waals surface area (Å²) in [5.74, 6) is -3.37. The minimum atomic E-state index is -1.46. The molecule has 0 aliphatic rings. The number of nitrogens with one attached hydrogen (secondary N) is 1. The zero-order chi connectivity index (χ0) is 15.0. The predicted molar refractivity (Wildman–Crippen MR) is 67.9 cm³/mol. The Morgan fingerprint density at radius 3 is 2.35 bits per heavy atom. The van der Waals surface area contributed by atoms with E-state index in [1.54, 1.807) is 0 Å². The number of benzene rings is 1. The van der Waals surface area contributed by atoms with Crippen molar-refractivity contribution in [3.05, 3.63) is 35.9 Å². The molecule has 1 aromatic carbocycles. The Balaban J connectivity index is 2.35. The lowest BCUT2D eigenvalue weighted by Crippen LogP contribution is -2.43. The highest BCUT2D eigenvalue weighted by Crippen LogP contribution is 2.00. The molecule has 108 valence electrons. The number of carboxylic acid groups (broad SMARTS) is 2. The summed E-state index contributed by atoms with van der Waals surface area (Å²) >= 11 is 0. The van der Waals surface area contributed by atoms with E-state index in [-0.39, 0.29) is 13.2 Å². The van der Waals surface area contributed by atoms with Gasteiger partial charge in [-0.25, -0.2) is 4.79 Å². The van der Waals surface area contributed by atoms with Crippen molar-refractivity contribution < 1.29 is 29.3 Å². The lowest BCUT2D eigenvalue weighted by molar-refractivity contribution is -0.147. The fraction of sp³-hybridized carbons (Fsp3) is 0.308. The van der Waals surface area contributed by atoms with E-state index in [1.165, 1.54) is 0 Å². The number of hydrogen-bond donors (Lipinski definition) is 3. The quantitative estimate of drug-likeness (QED) is 0.629. The van der Waals surface area contributed by atoms with Gasteiger partial charge in [0.2, 0.25) is 5.91 Å². The second-order valence-electron chi connectivity index (χ2n) is 4.03. The van der Waals surface area contributed by atoms with Crippen molar-refractivity contribution in [3.63, 3.8) is 0 Å². The lowest BCUT2D eigenvalue weighted by Gasteiger charge is -2.12. The Labute approximate surface area is 115 Å². The van der Waals surface area contributed by atoms with Crippen molar-refractivity contribution in [2.24, 2.45) is 0 Å². The Bertz CT molecular complexity index is 473. The molecule has 1 rings (SSSR count). The molecule has 0 aromatic heterocycles. The molecular weight excluding hydrogens is 266 g/mol. The van der Waals surface area contributed by atoms with Crippen LogP contribution in [0.4, 0.5) is 0 Å². The molecule has 1 atom stereocenters. The molecule has 1 amide bonds. The van der Waals surface area contributed by atoms with Gasteiger partial charge in [-0.2, -0.15) is 0 Å². The van der Waals surface area contributed by atoms with Gasteiger partial charge in [0, 0.05) is 0 Å². The molecule has 3 N–H and O–H groups in total.